The number of carbonyl (C=O) groups excluding carboxylic acids is 2. The fourth-order valence-electron chi connectivity index (χ4n) is 4.97. The Labute approximate surface area is 180 Å². The molecule has 8 heteroatoms. The van der Waals surface area contributed by atoms with Gasteiger partial charge in [0.15, 0.2) is 5.96 Å². The highest BCUT2D eigenvalue weighted by Gasteiger charge is 2.58. The molecule has 3 aliphatic rings. The normalized spacial score (nSPS) is 26.6. The molecule has 2 bridgehead atoms. The molecule has 2 heterocycles. The predicted molar refractivity (Wildman–Crippen MR) is 115 cm³/mol. The Hall–Kier alpha value is -3.42. The van der Waals surface area contributed by atoms with Crippen LogP contribution in [0.3, 0.4) is 0 Å². The molecule has 0 spiro atoms. The Balaban J connectivity index is 1.11. The summed E-state index contributed by atoms with van der Waals surface area (Å²) in [6, 6.07) is 9.71. The van der Waals surface area contributed by atoms with Gasteiger partial charge >= 0.3 is 0 Å². The molecule has 4 atom stereocenters. The van der Waals surface area contributed by atoms with Gasteiger partial charge in [0.1, 0.15) is 6.26 Å². The Kier molecular flexibility index (Phi) is 5.05. The van der Waals surface area contributed by atoms with Crippen molar-refractivity contribution in [3.8, 4) is 11.5 Å². The van der Waals surface area contributed by atoms with Gasteiger partial charge in [-0.1, -0.05) is 30.4 Å². The number of aromatic nitrogens is 1. The van der Waals surface area contributed by atoms with Crippen LogP contribution in [0.2, 0.25) is 0 Å². The van der Waals surface area contributed by atoms with Gasteiger partial charge in [0, 0.05) is 25.7 Å². The van der Waals surface area contributed by atoms with Crippen molar-refractivity contribution in [1.29, 1.82) is 0 Å². The van der Waals surface area contributed by atoms with E-state index in [1.165, 1.54) is 4.90 Å². The molecule has 0 radical (unpaired) electrons. The highest BCUT2D eigenvalue weighted by Crippen LogP contribution is 2.52. The monoisotopic (exact) mass is 419 g/mol. The summed E-state index contributed by atoms with van der Waals surface area (Å²) in [7, 11) is 1.67. The Morgan fingerprint density at radius 3 is 2.52 bits per heavy atom. The van der Waals surface area contributed by atoms with Gasteiger partial charge in [-0.2, -0.15) is 0 Å². The third kappa shape index (κ3) is 3.52. The number of guanidine groups is 1. The second-order valence-corrected chi connectivity index (χ2v) is 8.19. The number of rotatable bonds is 6. The van der Waals surface area contributed by atoms with Crippen molar-refractivity contribution in [1.82, 2.24) is 20.5 Å². The number of nitrogens with one attached hydrogen (secondary N) is 2. The number of carbonyl (C=O) groups is 2. The summed E-state index contributed by atoms with van der Waals surface area (Å²) < 4.78 is 5.55. The first-order valence-corrected chi connectivity index (χ1v) is 10.6. The Morgan fingerprint density at radius 2 is 1.84 bits per heavy atom. The summed E-state index contributed by atoms with van der Waals surface area (Å²) in [4.78, 5) is 35.6. The lowest BCUT2D eigenvalue weighted by molar-refractivity contribution is -0.140. The SMILES string of the molecule is CN=C(NCCN1C(=O)C2C3C=CC(C3)C2C1=O)NCc1coc(-c2ccccc2)n1. The van der Waals surface area contributed by atoms with Gasteiger partial charge in [0.25, 0.3) is 0 Å². The minimum atomic E-state index is -0.147. The van der Waals surface area contributed by atoms with Crippen LogP contribution in [0.5, 0.6) is 0 Å². The quantitative estimate of drug-likeness (QED) is 0.321. The van der Waals surface area contributed by atoms with Gasteiger partial charge in [0.2, 0.25) is 17.7 Å². The Morgan fingerprint density at radius 1 is 1.13 bits per heavy atom. The number of aliphatic imine (C=N–C) groups is 1. The molecule has 1 saturated heterocycles. The summed E-state index contributed by atoms with van der Waals surface area (Å²) in [5, 5.41) is 6.35. The predicted octanol–water partition coefficient (Wildman–Crippen LogP) is 1.81. The van der Waals surface area contributed by atoms with Gasteiger partial charge in [-0.3, -0.25) is 19.5 Å². The Bertz CT molecular complexity index is 1010. The van der Waals surface area contributed by atoms with Gasteiger partial charge in [-0.25, -0.2) is 4.98 Å². The third-order valence-corrected chi connectivity index (χ3v) is 6.42. The standard InChI is InChI=1S/C23H25N5O3/c1-24-23(26-12-17-13-31-20(27-17)14-5-3-2-4-6-14)25-9-10-28-21(29)18-15-7-8-16(11-15)19(18)22(28)30/h2-8,13,15-16,18-19H,9-12H2,1H3,(H2,24,25,26). The molecule has 8 nitrogen and oxygen atoms in total. The van der Waals surface area contributed by atoms with Gasteiger partial charge < -0.3 is 15.1 Å². The van der Waals surface area contributed by atoms with E-state index in [1.54, 1.807) is 13.3 Å². The molecule has 1 aromatic heterocycles. The summed E-state index contributed by atoms with van der Waals surface area (Å²) in [6.45, 7) is 1.22. The zero-order chi connectivity index (χ0) is 21.4. The molecule has 1 aromatic carbocycles. The number of allylic oxidation sites excluding steroid dienone is 2. The molecule has 2 fully saturated rings. The first kappa shape index (κ1) is 19.5. The van der Waals surface area contributed by atoms with Crippen molar-refractivity contribution in [2.75, 3.05) is 20.1 Å². The maximum absolute atomic E-state index is 12.7. The van der Waals surface area contributed by atoms with Gasteiger partial charge in [-0.15, -0.1) is 0 Å². The maximum Gasteiger partial charge on any atom is 0.233 e. The van der Waals surface area contributed by atoms with Crippen LogP contribution in [0.25, 0.3) is 11.5 Å². The van der Waals surface area contributed by atoms with E-state index in [2.05, 4.69) is 32.8 Å². The van der Waals surface area contributed by atoms with Crippen LogP contribution in [0.4, 0.5) is 0 Å². The number of imide groups is 1. The van der Waals surface area contributed by atoms with E-state index in [1.807, 2.05) is 30.3 Å². The van der Waals surface area contributed by atoms with Crippen molar-refractivity contribution < 1.29 is 14.0 Å². The molecule has 2 amide bonds. The summed E-state index contributed by atoms with van der Waals surface area (Å²) in [5.74, 6) is 1.28. The summed E-state index contributed by atoms with van der Waals surface area (Å²) in [5.41, 5.74) is 1.67. The summed E-state index contributed by atoms with van der Waals surface area (Å²) >= 11 is 0. The fourth-order valence-corrected chi connectivity index (χ4v) is 4.97. The number of fused-ring (bicyclic) bond motifs is 5. The number of benzene rings is 1. The van der Waals surface area contributed by atoms with E-state index in [4.69, 9.17) is 4.42 Å². The van der Waals surface area contributed by atoms with Crippen LogP contribution in [0.1, 0.15) is 12.1 Å². The van der Waals surface area contributed by atoms with Crippen molar-refractivity contribution in [3.63, 3.8) is 0 Å². The molecular formula is C23H25N5O3. The highest BCUT2D eigenvalue weighted by atomic mass is 16.3. The molecular weight excluding hydrogens is 394 g/mol. The van der Waals surface area contributed by atoms with Crippen LogP contribution in [0, 0.1) is 23.7 Å². The smallest absolute Gasteiger partial charge is 0.233 e. The van der Waals surface area contributed by atoms with Crippen molar-refractivity contribution >= 4 is 17.8 Å². The third-order valence-electron chi connectivity index (χ3n) is 6.42. The van der Waals surface area contributed by atoms with Crippen LogP contribution >= 0.6 is 0 Å². The molecule has 4 unspecified atom stereocenters. The van der Waals surface area contributed by atoms with Crippen LogP contribution < -0.4 is 10.6 Å². The first-order valence-electron chi connectivity index (χ1n) is 10.6. The minimum Gasteiger partial charge on any atom is -0.444 e. The molecule has 1 aliphatic heterocycles. The maximum atomic E-state index is 12.7. The fraction of sp³-hybridized carbons (Fsp3) is 0.391. The number of amides is 2. The average molecular weight is 419 g/mol. The van der Waals surface area contributed by atoms with Crippen LogP contribution in [0.15, 0.2) is 58.2 Å². The van der Waals surface area contributed by atoms with Gasteiger partial charge in [0.05, 0.1) is 24.1 Å². The summed E-state index contributed by atoms with van der Waals surface area (Å²) in [6.07, 6.45) is 6.78. The molecule has 2 N–H and O–H groups in total. The van der Waals surface area contributed by atoms with E-state index in [-0.39, 0.29) is 35.5 Å². The van der Waals surface area contributed by atoms with E-state index < -0.39 is 0 Å². The number of hydrogen-bond acceptors (Lipinski definition) is 5. The van der Waals surface area contributed by atoms with E-state index >= 15 is 0 Å². The first-order chi connectivity index (χ1) is 15.2. The number of oxazole rings is 1. The lowest BCUT2D eigenvalue weighted by Gasteiger charge is -2.18. The number of nitrogens with zero attached hydrogens (tertiary/aromatic N) is 3. The van der Waals surface area contributed by atoms with Crippen molar-refractivity contribution in [2.24, 2.45) is 28.7 Å². The number of hydrogen-bond donors (Lipinski definition) is 2. The lowest BCUT2D eigenvalue weighted by Crippen LogP contribution is -2.43. The highest BCUT2D eigenvalue weighted by molar-refractivity contribution is 6.06. The zero-order valence-corrected chi connectivity index (χ0v) is 17.3. The van der Waals surface area contributed by atoms with Crippen molar-refractivity contribution in [3.05, 3.63) is 54.4 Å². The average Bonchev–Trinajstić information content (AvgIpc) is 3.57. The largest absolute Gasteiger partial charge is 0.444 e. The van der Waals surface area contributed by atoms with Crippen molar-refractivity contribution in [2.45, 2.75) is 13.0 Å². The van der Waals surface area contributed by atoms with Gasteiger partial charge in [-0.05, 0) is 30.4 Å². The van der Waals surface area contributed by atoms with E-state index in [0.717, 1.165) is 17.7 Å². The second kappa shape index (κ2) is 8.02. The molecule has 2 aliphatic carbocycles. The number of likely N-dealkylation sites (tertiary alicyclic amines) is 1. The lowest BCUT2D eigenvalue weighted by atomic mass is 9.85. The van der Waals surface area contributed by atoms with E-state index in [0.29, 0.717) is 31.5 Å². The molecule has 1 saturated carbocycles. The topological polar surface area (TPSA) is 99.8 Å². The molecule has 5 rings (SSSR count). The molecule has 31 heavy (non-hydrogen) atoms. The second-order valence-electron chi connectivity index (χ2n) is 8.19. The van der Waals surface area contributed by atoms with Crippen LogP contribution in [-0.2, 0) is 16.1 Å². The molecule has 2 aromatic rings. The molecule has 160 valence electrons. The van der Waals surface area contributed by atoms with E-state index in [9.17, 15) is 9.59 Å². The minimum absolute atomic E-state index is 0.0207. The zero-order valence-electron chi connectivity index (χ0n) is 17.3. The van der Waals surface area contributed by atoms with Crippen LogP contribution in [-0.4, -0.2) is 47.8 Å².